The Morgan fingerprint density at radius 3 is 2.24 bits per heavy atom. The number of amides is 1. The monoisotopic (exact) mass is 476 g/mol. The van der Waals surface area contributed by atoms with Gasteiger partial charge in [0.05, 0.1) is 6.61 Å². The first-order valence-corrected chi connectivity index (χ1v) is 11.8. The zero-order chi connectivity index (χ0) is 24.3. The average molecular weight is 477 g/mol. The van der Waals surface area contributed by atoms with Crippen molar-refractivity contribution in [2.75, 3.05) is 46.3 Å². The molecule has 1 saturated heterocycles. The van der Waals surface area contributed by atoms with Crippen molar-refractivity contribution in [2.24, 2.45) is 0 Å². The van der Waals surface area contributed by atoms with E-state index in [0.29, 0.717) is 23.7 Å². The third-order valence-electron chi connectivity index (χ3n) is 5.72. The molecule has 1 amide bonds. The van der Waals surface area contributed by atoms with Crippen LogP contribution in [-0.4, -0.2) is 63.1 Å². The lowest BCUT2D eigenvalue weighted by atomic mass is 10.0. The van der Waals surface area contributed by atoms with Crippen molar-refractivity contribution in [1.29, 1.82) is 0 Å². The highest BCUT2D eigenvalue weighted by molar-refractivity contribution is 5.95. The van der Waals surface area contributed by atoms with Crippen molar-refractivity contribution in [1.82, 2.24) is 10.2 Å². The van der Waals surface area contributed by atoms with Gasteiger partial charge in [-0.2, -0.15) is 0 Å². The molecule has 0 atom stereocenters. The van der Waals surface area contributed by atoms with Crippen LogP contribution in [0.4, 0.5) is 8.78 Å². The number of piperidine rings is 1. The van der Waals surface area contributed by atoms with Crippen LogP contribution in [0.2, 0.25) is 0 Å². The fraction of sp³-hybridized carbons (Fsp3) is 0.500. The van der Waals surface area contributed by atoms with E-state index in [-0.39, 0.29) is 25.2 Å². The minimum absolute atomic E-state index is 0.0476. The molecule has 1 heterocycles. The fourth-order valence-electron chi connectivity index (χ4n) is 4.00. The van der Waals surface area contributed by atoms with E-state index in [9.17, 15) is 13.6 Å². The molecule has 2 aromatic carbocycles. The number of benzene rings is 2. The summed E-state index contributed by atoms with van der Waals surface area (Å²) in [6.45, 7) is 5.70. The number of nitrogens with zero attached hydrogens (tertiary/aromatic N) is 1. The van der Waals surface area contributed by atoms with Crippen LogP contribution in [0.25, 0.3) is 0 Å². The molecule has 0 unspecified atom stereocenters. The molecule has 0 bridgehead atoms. The Balaban J connectivity index is 1.55. The lowest BCUT2D eigenvalue weighted by Gasteiger charge is -2.32. The van der Waals surface area contributed by atoms with Gasteiger partial charge in [0, 0.05) is 37.3 Å². The smallest absolute Gasteiger partial charge is 0.251 e. The highest BCUT2D eigenvalue weighted by Crippen LogP contribution is 2.25. The zero-order valence-electron chi connectivity index (χ0n) is 19.9. The predicted octanol–water partition coefficient (Wildman–Crippen LogP) is 4.48. The van der Waals surface area contributed by atoms with Crippen molar-refractivity contribution in [3.8, 4) is 17.2 Å². The maximum absolute atomic E-state index is 12.9. The number of halogens is 2. The van der Waals surface area contributed by atoms with Crippen LogP contribution in [0.5, 0.6) is 17.2 Å². The van der Waals surface area contributed by atoms with Crippen LogP contribution in [0.1, 0.15) is 41.3 Å². The summed E-state index contributed by atoms with van der Waals surface area (Å²) >= 11 is 0. The van der Waals surface area contributed by atoms with E-state index in [2.05, 4.69) is 28.4 Å². The van der Waals surface area contributed by atoms with Gasteiger partial charge in [0.15, 0.2) is 0 Å². The highest BCUT2D eigenvalue weighted by atomic mass is 19.1. The molecule has 34 heavy (non-hydrogen) atoms. The van der Waals surface area contributed by atoms with E-state index < -0.39 is 13.3 Å². The number of alkyl halides is 2. The number of carbonyl (C=O) groups excluding carboxylic acids is 1. The summed E-state index contributed by atoms with van der Waals surface area (Å²) in [5, 5.41) is 3.07. The second-order valence-electron chi connectivity index (χ2n) is 8.32. The maximum Gasteiger partial charge on any atom is 0.251 e. The Morgan fingerprint density at radius 1 is 1.00 bits per heavy atom. The van der Waals surface area contributed by atoms with Crippen molar-refractivity contribution in [3.63, 3.8) is 0 Å². The van der Waals surface area contributed by atoms with E-state index in [1.807, 2.05) is 13.8 Å². The van der Waals surface area contributed by atoms with E-state index in [1.165, 1.54) is 11.6 Å². The number of aryl methyl sites for hydroxylation is 1. The Morgan fingerprint density at radius 2 is 1.65 bits per heavy atom. The third-order valence-corrected chi connectivity index (χ3v) is 5.72. The van der Waals surface area contributed by atoms with E-state index in [0.717, 1.165) is 43.8 Å². The Bertz CT molecular complexity index is 907. The average Bonchev–Trinajstić information content (AvgIpc) is 2.84. The van der Waals surface area contributed by atoms with Gasteiger partial charge in [0.25, 0.3) is 5.91 Å². The van der Waals surface area contributed by atoms with Gasteiger partial charge in [-0.15, -0.1) is 0 Å². The number of ether oxygens (including phenoxy) is 3. The Labute approximate surface area is 200 Å². The summed E-state index contributed by atoms with van der Waals surface area (Å²) in [4.78, 5) is 15.2. The molecule has 0 saturated carbocycles. The van der Waals surface area contributed by atoms with Crippen molar-refractivity contribution in [2.45, 2.75) is 39.3 Å². The van der Waals surface area contributed by atoms with Gasteiger partial charge in [-0.05, 0) is 56.0 Å². The Kier molecular flexibility index (Phi) is 9.94. The minimum Gasteiger partial charge on any atom is -0.494 e. The molecule has 1 aliphatic heterocycles. The topological polar surface area (TPSA) is 60.0 Å². The molecule has 0 aliphatic carbocycles. The van der Waals surface area contributed by atoms with Gasteiger partial charge >= 0.3 is 0 Å². The molecular weight excluding hydrogens is 442 g/mol. The van der Waals surface area contributed by atoms with Crippen LogP contribution in [0, 0.1) is 6.92 Å². The fourth-order valence-corrected chi connectivity index (χ4v) is 4.00. The maximum atomic E-state index is 12.9. The van der Waals surface area contributed by atoms with Gasteiger partial charge in [0.2, 0.25) is 0 Å². The second-order valence-corrected chi connectivity index (χ2v) is 8.32. The molecule has 0 spiro atoms. The SMILES string of the molecule is CCOc1cc(CN2CCC(NC(=O)c3cc(OCCF)cc(OCCF)c3)CC2)ccc1C. The molecule has 0 aromatic heterocycles. The number of nitrogens with one attached hydrogen (secondary N) is 1. The van der Waals surface area contributed by atoms with E-state index >= 15 is 0 Å². The lowest BCUT2D eigenvalue weighted by molar-refractivity contribution is 0.0908. The summed E-state index contributed by atoms with van der Waals surface area (Å²) in [5.74, 6) is 1.31. The number of rotatable bonds is 12. The molecule has 1 N–H and O–H groups in total. The minimum atomic E-state index is -0.648. The number of hydrogen-bond acceptors (Lipinski definition) is 5. The van der Waals surface area contributed by atoms with Gasteiger partial charge < -0.3 is 19.5 Å². The summed E-state index contributed by atoms with van der Waals surface area (Å²) in [5.41, 5.74) is 2.68. The molecule has 1 fully saturated rings. The van der Waals surface area contributed by atoms with Gasteiger partial charge in [-0.25, -0.2) is 8.78 Å². The molecular formula is C26H34F2N2O4. The third kappa shape index (κ3) is 7.58. The van der Waals surface area contributed by atoms with Crippen LogP contribution >= 0.6 is 0 Å². The summed E-state index contributed by atoms with van der Waals surface area (Å²) in [7, 11) is 0. The van der Waals surface area contributed by atoms with Crippen LogP contribution < -0.4 is 19.5 Å². The number of carbonyl (C=O) groups is 1. The largest absolute Gasteiger partial charge is 0.494 e. The quantitative estimate of drug-likeness (QED) is 0.489. The van der Waals surface area contributed by atoms with Crippen LogP contribution in [-0.2, 0) is 6.54 Å². The van der Waals surface area contributed by atoms with Gasteiger partial charge in [-0.1, -0.05) is 12.1 Å². The molecule has 3 rings (SSSR count). The van der Waals surface area contributed by atoms with E-state index in [4.69, 9.17) is 14.2 Å². The molecule has 2 aromatic rings. The first-order chi connectivity index (χ1) is 16.5. The summed E-state index contributed by atoms with van der Waals surface area (Å²) in [6.07, 6.45) is 1.67. The molecule has 1 aliphatic rings. The lowest BCUT2D eigenvalue weighted by Crippen LogP contribution is -2.44. The standard InChI is InChI=1S/C26H34F2N2O4/c1-3-32-25-14-20(5-4-19(25)2)18-30-10-6-22(7-11-30)29-26(31)21-15-23(33-12-8-27)17-24(16-21)34-13-9-28/h4-5,14-17,22H,3,6-13,18H2,1-2H3,(H,29,31). The summed E-state index contributed by atoms with van der Waals surface area (Å²) < 4.78 is 41.3. The van der Waals surface area contributed by atoms with Crippen molar-refractivity contribution in [3.05, 3.63) is 53.1 Å². The van der Waals surface area contributed by atoms with Gasteiger partial charge in [0.1, 0.15) is 43.8 Å². The Hall–Kier alpha value is -2.87. The zero-order valence-corrected chi connectivity index (χ0v) is 19.9. The van der Waals surface area contributed by atoms with Gasteiger partial charge in [-0.3, -0.25) is 9.69 Å². The summed E-state index contributed by atoms with van der Waals surface area (Å²) in [6, 6.07) is 11.0. The van der Waals surface area contributed by atoms with Crippen molar-refractivity contribution < 1.29 is 27.8 Å². The molecule has 0 radical (unpaired) electrons. The molecule has 186 valence electrons. The second kappa shape index (κ2) is 13.1. The van der Waals surface area contributed by atoms with Crippen LogP contribution in [0.3, 0.4) is 0 Å². The number of likely N-dealkylation sites (tertiary alicyclic amines) is 1. The van der Waals surface area contributed by atoms with Crippen LogP contribution in [0.15, 0.2) is 36.4 Å². The van der Waals surface area contributed by atoms with E-state index in [1.54, 1.807) is 12.1 Å². The molecule has 6 nitrogen and oxygen atoms in total. The van der Waals surface area contributed by atoms with Crippen molar-refractivity contribution >= 4 is 5.91 Å². The predicted molar refractivity (Wildman–Crippen MR) is 127 cm³/mol. The number of hydrogen-bond donors (Lipinski definition) is 1. The normalized spacial score (nSPS) is 14.6. The molecule has 8 heteroatoms. The first-order valence-electron chi connectivity index (χ1n) is 11.8. The highest BCUT2D eigenvalue weighted by Gasteiger charge is 2.22. The first kappa shape index (κ1) is 25.7.